The number of hydrogen-bond acceptors (Lipinski definition) is 4. The lowest BCUT2D eigenvalue weighted by atomic mass is 10.0. The number of ether oxygens (including phenoxy) is 1. The molecule has 1 aliphatic heterocycles. The molecule has 0 spiro atoms. The molecule has 0 aromatic rings. The van der Waals surface area contributed by atoms with Crippen molar-refractivity contribution in [1.29, 1.82) is 0 Å². The van der Waals surface area contributed by atoms with Gasteiger partial charge >= 0.3 is 6.09 Å². The molecule has 1 saturated heterocycles. The van der Waals surface area contributed by atoms with Crippen molar-refractivity contribution in [2.24, 2.45) is 0 Å². The molecule has 0 bridgehead atoms. The monoisotopic (exact) mass is 313 g/mol. The van der Waals surface area contributed by atoms with E-state index >= 15 is 0 Å². The summed E-state index contributed by atoms with van der Waals surface area (Å²) in [7, 11) is 0. The van der Waals surface area contributed by atoms with Crippen molar-refractivity contribution in [3.8, 4) is 0 Å². The maximum atomic E-state index is 12.2. The third-order valence-electron chi connectivity index (χ3n) is 3.60. The van der Waals surface area contributed by atoms with Crippen molar-refractivity contribution in [1.82, 2.24) is 15.5 Å². The van der Waals surface area contributed by atoms with Crippen LogP contribution in [0.25, 0.3) is 0 Å². The fraction of sp³-hybridized carbons (Fsp3) is 0.875. The predicted molar refractivity (Wildman–Crippen MR) is 86.7 cm³/mol. The molecule has 1 fully saturated rings. The smallest absolute Gasteiger partial charge is 0.407 e. The van der Waals surface area contributed by atoms with Gasteiger partial charge in [-0.05, 0) is 47.1 Å². The quantitative estimate of drug-likeness (QED) is 0.813. The third kappa shape index (κ3) is 7.11. The molecule has 22 heavy (non-hydrogen) atoms. The van der Waals surface area contributed by atoms with Crippen molar-refractivity contribution in [3.05, 3.63) is 0 Å². The molecule has 1 heterocycles. The van der Waals surface area contributed by atoms with Crippen molar-refractivity contribution in [3.63, 3.8) is 0 Å². The zero-order valence-corrected chi connectivity index (χ0v) is 14.6. The van der Waals surface area contributed by atoms with E-state index in [-0.39, 0.29) is 24.1 Å². The Hall–Kier alpha value is -1.30. The Balaban J connectivity index is 2.31. The molecule has 2 amide bonds. The van der Waals surface area contributed by atoms with Gasteiger partial charge in [0.25, 0.3) is 0 Å². The average Bonchev–Trinajstić information content (AvgIpc) is 2.37. The molecular formula is C16H31N3O3. The molecule has 0 aliphatic carbocycles. The molecular weight excluding hydrogens is 282 g/mol. The van der Waals surface area contributed by atoms with E-state index in [1.54, 1.807) is 0 Å². The van der Waals surface area contributed by atoms with E-state index in [0.29, 0.717) is 19.5 Å². The molecule has 0 radical (unpaired) electrons. The van der Waals surface area contributed by atoms with Crippen LogP contribution in [0.2, 0.25) is 0 Å². The summed E-state index contributed by atoms with van der Waals surface area (Å²) in [4.78, 5) is 25.8. The van der Waals surface area contributed by atoms with Crippen molar-refractivity contribution in [2.45, 2.75) is 71.6 Å². The van der Waals surface area contributed by atoms with Gasteiger partial charge in [0, 0.05) is 31.6 Å². The SMILES string of the molecule is CCN[C@H](C)CC(=O)N1CCC(NC(=O)OC(C)(C)C)CC1. The Bertz CT molecular complexity index is 371. The molecule has 6 heteroatoms. The number of nitrogens with one attached hydrogen (secondary N) is 2. The molecule has 0 aromatic heterocycles. The van der Waals surface area contributed by atoms with Crippen LogP contribution in [0.4, 0.5) is 4.79 Å². The number of carbonyl (C=O) groups excluding carboxylic acids is 2. The van der Waals surface area contributed by atoms with Gasteiger partial charge in [-0.25, -0.2) is 4.79 Å². The summed E-state index contributed by atoms with van der Waals surface area (Å²) in [5.41, 5.74) is -0.483. The minimum absolute atomic E-state index is 0.0880. The van der Waals surface area contributed by atoms with Crippen LogP contribution < -0.4 is 10.6 Å². The predicted octanol–water partition coefficient (Wildman–Crippen LogP) is 1.89. The van der Waals surface area contributed by atoms with Crippen LogP contribution in [0.5, 0.6) is 0 Å². The largest absolute Gasteiger partial charge is 0.444 e. The second-order valence-electron chi connectivity index (χ2n) is 6.96. The molecule has 128 valence electrons. The first-order chi connectivity index (χ1) is 10.2. The first-order valence-electron chi connectivity index (χ1n) is 8.22. The fourth-order valence-corrected chi connectivity index (χ4v) is 2.56. The van der Waals surface area contributed by atoms with Gasteiger partial charge in [-0.3, -0.25) is 4.79 Å². The van der Waals surface area contributed by atoms with E-state index in [4.69, 9.17) is 4.74 Å². The van der Waals surface area contributed by atoms with E-state index in [0.717, 1.165) is 19.4 Å². The maximum Gasteiger partial charge on any atom is 0.407 e. The fourth-order valence-electron chi connectivity index (χ4n) is 2.56. The normalized spacial score (nSPS) is 18.0. The van der Waals surface area contributed by atoms with Crippen LogP contribution >= 0.6 is 0 Å². The molecule has 0 aromatic carbocycles. The molecule has 6 nitrogen and oxygen atoms in total. The summed E-state index contributed by atoms with van der Waals surface area (Å²) in [6.07, 6.45) is 1.71. The highest BCUT2D eigenvalue weighted by Crippen LogP contribution is 2.13. The number of alkyl carbamates (subject to hydrolysis) is 1. The number of carbonyl (C=O) groups is 2. The first-order valence-corrected chi connectivity index (χ1v) is 8.22. The second-order valence-corrected chi connectivity index (χ2v) is 6.96. The van der Waals surface area contributed by atoms with E-state index in [1.165, 1.54) is 0 Å². The number of likely N-dealkylation sites (tertiary alicyclic amines) is 1. The Morgan fingerprint density at radius 1 is 1.27 bits per heavy atom. The summed E-state index contributed by atoms with van der Waals surface area (Å²) in [6, 6.07) is 0.292. The van der Waals surface area contributed by atoms with Gasteiger partial charge in [0.05, 0.1) is 0 Å². The molecule has 2 N–H and O–H groups in total. The highest BCUT2D eigenvalue weighted by molar-refractivity contribution is 5.77. The lowest BCUT2D eigenvalue weighted by Crippen LogP contribution is -2.48. The lowest BCUT2D eigenvalue weighted by Gasteiger charge is -2.33. The Labute approximate surface area is 134 Å². The average molecular weight is 313 g/mol. The van der Waals surface area contributed by atoms with Gasteiger partial charge in [-0.2, -0.15) is 0 Å². The number of hydrogen-bond donors (Lipinski definition) is 2. The van der Waals surface area contributed by atoms with Gasteiger partial charge in [0.1, 0.15) is 5.60 Å². The second kappa shape index (κ2) is 8.36. The lowest BCUT2D eigenvalue weighted by molar-refractivity contribution is -0.132. The van der Waals surface area contributed by atoms with Crippen LogP contribution in [0, 0.1) is 0 Å². The Morgan fingerprint density at radius 3 is 2.36 bits per heavy atom. The number of rotatable bonds is 5. The van der Waals surface area contributed by atoms with Crippen LogP contribution in [0.3, 0.4) is 0 Å². The third-order valence-corrected chi connectivity index (χ3v) is 3.60. The summed E-state index contributed by atoms with van der Waals surface area (Å²) in [5, 5.41) is 6.14. The summed E-state index contributed by atoms with van der Waals surface area (Å²) >= 11 is 0. The topological polar surface area (TPSA) is 70.7 Å². The van der Waals surface area contributed by atoms with Gasteiger partial charge in [-0.15, -0.1) is 0 Å². The van der Waals surface area contributed by atoms with Crippen LogP contribution in [0.15, 0.2) is 0 Å². The summed E-state index contributed by atoms with van der Waals surface area (Å²) in [5.74, 6) is 0.184. The van der Waals surface area contributed by atoms with E-state index in [1.807, 2.05) is 39.5 Å². The number of amides is 2. The molecule has 1 atom stereocenters. The maximum absolute atomic E-state index is 12.2. The van der Waals surface area contributed by atoms with Gasteiger partial charge < -0.3 is 20.3 Å². The molecule has 1 aliphatic rings. The molecule has 0 saturated carbocycles. The van der Waals surface area contributed by atoms with Gasteiger partial charge in [0.2, 0.25) is 5.91 Å². The van der Waals surface area contributed by atoms with Crippen molar-refractivity contribution >= 4 is 12.0 Å². The zero-order chi connectivity index (χ0) is 16.8. The van der Waals surface area contributed by atoms with Crippen LogP contribution in [0.1, 0.15) is 53.9 Å². The molecule has 0 unspecified atom stereocenters. The van der Waals surface area contributed by atoms with Crippen LogP contribution in [-0.2, 0) is 9.53 Å². The van der Waals surface area contributed by atoms with E-state index in [2.05, 4.69) is 10.6 Å². The standard InChI is InChI=1S/C16H31N3O3/c1-6-17-12(2)11-14(20)19-9-7-13(8-10-19)18-15(21)22-16(3,4)5/h12-13,17H,6-11H2,1-5H3,(H,18,21)/t12-/m1/s1. The van der Waals surface area contributed by atoms with E-state index < -0.39 is 5.60 Å². The number of nitrogens with zero attached hydrogens (tertiary/aromatic N) is 1. The van der Waals surface area contributed by atoms with E-state index in [9.17, 15) is 9.59 Å². The first kappa shape index (κ1) is 18.7. The highest BCUT2D eigenvalue weighted by Gasteiger charge is 2.26. The molecule has 1 rings (SSSR count). The zero-order valence-electron chi connectivity index (χ0n) is 14.6. The highest BCUT2D eigenvalue weighted by atomic mass is 16.6. The van der Waals surface area contributed by atoms with Crippen molar-refractivity contribution in [2.75, 3.05) is 19.6 Å². The Morgan fingerprint density at radius 2 is 1.86 bits per heavy atom. The van der Waals surface area contributed by atoms with Gasteiger partial charge in [0.15, 0.2) is 0 Å². The van der Waals surface area contributed by atoms with Crippen LogP contribution in [-0.4, -0.2) is 54.2 Å². The minimum Gasteiger partial charge on any atom is -0.444 e. The summed E-state index contributed by atoms with van der Waals surface area (Å²) in [6.45, 7) is 11.9. The van der Waals surface area contributed by atoms with Crippen molar-refractivity contribution < 1.29 is 14.3 Å². The van der Waals surface area contributed by atoms with Gasteiger partial charge in [-0.1, -0.05) is 6.92 Å². The Kier molecular flexibility index (Phi) is 7.13. The minimum atomic E-state index is -0.483. The summed E-state index contributed by atoms with van der Waals surface area (Å²) < 4.78 is 5.26. The number of piperidine rings is 1.